The van der Waals surface area contributed by atoms with Crippen LogP contribution < -0.4 is 0 Å². The molecule has 162 valence electrons. The molecule has 3 aliphatic rings. The van der Waals surface area contributed by atoms with E-state index in [0.717, 1.165) is 27.7 Å². The summed E-state index contributed by atoms with van der Waals surface area (Å²) in [4.78, 5) is 34.2. The molecule has 31 heavy (non-hydrogen) atoms. The van der Waals surface area contributed by atoms with Crippen LogP contribution in [0.1, 0.15) is 42.6 Å². The van der Waals surface area contributed by atoms with Gasteiger partial charge in [-0.25, -0.2) is 4.79 Å². The zero-order chi connectivity index (χ0) is 22.1. The maximum Gasteiger partial charge on any atom is 0.342 e. The number of aliphatic hydroxyl groups is 1. The summed E-state index contributed by atoms with van der Waals surface area (Å²) in [6.45, 7) is 2.56. The number of aromatic hydroxyl groups is 1. The molecule has 2 N–H and O–H groups in total. The number of hydrogen-bond acceptors (Lipinski definition) is 7. The number of hydrogen-bond donors (Lipinski definition) is 2. The maximum absolute atomic E-state index is 13.3. The summed E-state index contributed by atoms with van der Waals surface area (Å²) in [5, 5.41) is 22.3. The molecule has 1 amide bonds. The molecular formula is C23H25N3O5. The van der Waals surface area contributed by atoms with E-state index in [0.29, 0.717) is 30.7 Å². The van der Waals surface area contributed by atoms with Crippen molar-refractivity contribution in [2.75, 3.05) is 20.7 Å². The van der Waals surface area contributed by atoms with Gasteiger partial charge in [-0.3, -0.25) is 9.78 Å². The molecule has 4 heterocycles. The zero-order valence-electron chi connectivity index (χ0n) is 17.8. The van der Waals surface area contributed by atoms with E-state index in [1.165, 1.54) is 0 Å². The van der Waals surface area contributed by atoms with Crippen LogP contribution in [0.3, 0.4) is 0 Å². The van der Waals surface area contributed by atoms with Crippen molar-refractivity contribution in [3.05, 3.63) is 46.2 Å². The number of fused-ring (bicyclic) bond motifs is 4. The summed E-state index contributed by atoms with van der Waals surface area (Å²) in [6, 6.07) is 5.10. The van der Waals surface area contributed by atoms with Crippen molar-refractivity contribution in [3.63, 3.8) is 0 Å². The molecule has 1 unspecified atom stereocenters. The number of amides is 1. The zero-order valence-corrected chi connectivity index (χ0v) is 17.8. The molecule has 5 rings (SSSR count). The molecule has 2 aromatic rings. The SMILES string of the molecule is CC[C@@]1(O)C(=O)OCC2=C1CC1c3nc4ccc(O)c(CN(C)C)c4cc3CN1C2=O. The number of cyclic esters (lactones) is 1. The summed E-state index contributed by atoms with van der Waals surface area (Å²) in [5.74, 6) is -0.692. The van der Waals surface area contributed by atoms with Crippen LogP contribution >= 0.6 is 0 Å². The van der Waals surface area contributed by atoms with Gasteiger partial charge in [0.25, 0.3) is 5.91 Å². The highest BCUT2D eigenvalue weighted by Gasteiger charge is 2.52. The highest BCUT2D eigenvalue weighted by Crippen LogP contribution is 2.47. The van der Waals surface area contributed by atoms with Crippen LogP contribution in [0.5, 0.6) is 5.75 Å². The van der Waals surface area contributed by atoms with Gasteiger partial charge >= 0.3 is 5.97 Å². The summed E-state index contributed by atoms with van der Waals surface area (Å²) >= 11 is 0. The summed E-state index contributed by atoms with van der Waals surface area (Å²) < 4.78 is 5.14. The third kappa shape index (κ3) is 2.78. The number of pyridine rings is 1. The van der Waals surface area contributed by atoms with Crippen molar-refractivity contribution in [1.82, 2.24) is 14.8 Å². The first-order chi connectivity index (χ1) is 14.7. The molecule has 1 aromatic heterocycles. The summed E-state index contributed by atoms with van der Waals surface area (Å²) in [7, 11) is 3.87. The molecule has 0 saturated carbocycles. The molecule has 3 aliphatic heterocycles. The van der Waals surface area contributed by atoms with Gasteiger partial charge in [-0.1, -0.05) is 6.92 Å². The molecule has 2 atom stereocenters. The maximum atomic E-state index is 13.3. The molecule has 0 saturated heterocycles. The van der Waals surface area contributed by atoms with Gasteiger partial charge in [0.15, 0.2) is 5.60 Å². The minimum Gasteiger partial charge on any atom is -0.508 e. The number of carbonyl (C=O) groups excluding carboxylic acids is 2. The van der Waals surface area contributed by atoms with Crippen molar-refractivity contribution in [1.29, 1.82) is 0 Å². The van der Waals surface area contributed by atoms with Gasteiger partial charge in [0.2, 0.25) is 0 Å². The number of nitrogens with zero attached hydrogens (tertiary/aromatic N) is 3. The predicted octanol–water partition coefficient (Wildman–Crippen LogP) is 1.78. The average Bonchev–Trinajstić information content (AvgIpc) is 3.10. The van der Waals surface area contributed by atoms with E-state index in [-0.39, 0.29) is 30.7 Å². The number of ether oxygens (including phenoxy) is 1. The Morgan fingerprint density at radius 1 is 1.32 bits per heavy atom. The van der Waals surface area contributed by atoms with Gasteiger partial charge in [-0.2, -0.15) is 0 Å². The topological polar surface area (TPSA) is 103 Å². The second-order valence-corrected chi connectivity index (χ2v) is 8.80. The van der Waals surface area contributed by atoms with Crippen molar-refractivity contribution in [2.45, 2.75) is 44.5 Å². The number of phenolic OH excluding ortho intramolecular Hbond substituents is 1. The van der Waals surface area contributed by atoms with Gasteiger partial charge in [-0.05, 0) is 56.3 Å². The molecule has 0 spiro atoms. The highest BCUT2D eigenvalue weighted by molar-refractivity contribution is 6.01. The first-order valence-corrected chi connectivity index (χ1v) is 10.5. The quantitative estimate of drug-likeness (QED) is 0.726. The monoisotopic (exact) mass is 423 g/mol. The fourth-order valence-corrected chi connectivity index (χ4v) is 5.03. The van der Waals surface area contributed by atoms with E-state index in [9.17, 15) is 19.8 Å². The van der Waals surface area contributed by atoms with Crippen molar-refractivity contribution in [2.24, 2.45) is 0 Å². The first kappa shape index (κ1) is 20.0. The number of esters is 1. The molecule has 0 radical (unpaired) electrons. The largest absolute Gasteiger partial charge is 0.508 e. The summed E-state index contributed by atoms with van der Waals surface area (Å²) in [5.41, 5.74) is 2.33. The van der Waals surface area contributed by atoms with Gasteiger partial charge < -0.3 is 24.7 Å². The molecule has 0 bridgehead atoms. The number of rotatable bonds is 3. The van der Waals surface area contributed by atoms with E-state index in [4.69, 9.17) is 9.72 Å². The van der Waals surface area contributed by atoms with Crippen LogP contribution in [0.4, 0.5) is 0 Å². The van der Waals surface area contributed by atoms with Gasteiger partial charge in [0.05, 0.1) is 22.8 Å². The van der Waals surface area contributed by atoms with Gasteiger partial charge in [-0.15, -0.1) is 0 Å². The van der Waals surface area contributed by atoms with Crippen LogP contribution in [0.2, 0.25) is 0 Å². The lowest BCUT2D eigenvalue weighted by molar-refractivity contribution is -0.165. The smallest absolute Gasteiger partial charge is 0.342 e. The van der Waals surface area contributed by atoms with Crippen LogP contribution in [-0.4, -0.2) is 63.2 Å². The average molecular weight is 423 g/mol. The van der Waals surface area contributed by atoms with E-state index < -0.39 is 11.6 Å². The van der Waals surface area contributed by atoms with Crippen LogP contribution in [0.15, 0.2) is 29.3 Å². The Hall–Kier alpha value is -2.97. The van der Waals surface area contributed by atoms with E-state index >= 15 is 0 Å². The van der Waals surface area contributed by atoms with Crippen molar-refractivity contribution in [3.8, 4) is 5.75 Å². The Bertz CT molecular complexity index is 1170. The lowest BCUT2D eigenvalue weighted by atomic mass is 9.79. The van der Waals surface area contributed by atoms with Crippen LogP contribution in [-0.2, 0) is 27.4 Å². The first-order valence-electron chi connectivity index (χ1n) is 10.5. The standard InChI is InChI=1S/C23H25N3O5/c1-4-23(30)16-8-18-20-12(9-26(18)21(28)15(16)11-31-22(23)29)7-13-14(10-25(2)3)19(27)6-5-17(13)24-20/h5-7,18,27,30H,4,8-11H2,1-3H3/t18?,23-/m0/s1. The molecule has 0 aliphatic carbocycles. The second-order valence-electron chi connectivity index (χ2n) is 8.80. The lowest BCUT2D eigenvalue weighted by Crippen LogP contribution is -2.51. The molecule has 1 aromatic carbocycles. The minimum absolute atomic E-state index is 0.106. The highest BCUT2D eigenvalue weighted by atomic mass is 16.6. The molecule has 8 heteroatoms. The Balaban J connectivity index is 1.62. The Kier molecular flexibility index (Phi) is 4.36. The van der Waals surface area contributed by atoms with Crippen LogP contribution in [0.25, 0.3) is 10.9 Å². The predicted molar refractivity (Wildman–Crippen MR) is 112 cm³/mol. The second kappa shape index (κ2) is 6.77. The van der Waals surface area contributed by atoms with E-state index in [1.54, 1.807) is 24.0 Å². The fourth-order valence-electron chi connectivity index (χ4n) is 5.03. The molecule has 0 fully saturated rings. The number of benzene rings is 1. The minimum atomic E-state index is -1.76. The van der Waals surface area contributed by atoms with Crippen molar-refractivity contribution < 1.29 is 24.5 Å². The molecule has 8 nitrogen and oxygen atoms in total. The Morgan fingerprint density at radius 3 is 2.81 bits per heavy atom. The van der Waals surface area contributed by atoms with Crippen molar-refractivity contribution >= 4 is 22.8 Å². The number of phenols is 1. The van der Waals surface area contributed by atoms with Gasteiger partial charge in [0.1, 0.15) is 12.4 Å². The molecular weight excluding hydrogens is 398 g/mol. The number of aromatic nitrogens is 1. The fraction of sp³-hybridized carbons (Fsp3) is 0.435. The van der Waals surface area contributed by atoms with Crippen LogP contribution in [0, 0.1) is 0 Å². The van der Waals surface area contributed by atoms with E-state index in [1.807, 2.05) is 25.1 Å². The third-order valence-corrected chi connectivity index (χ3v) is 6.68. The normalized spacial score (nSPS) is 25.1. The lowest BCUT2D eigenvalue weighted by Gasteiger charge is -2.41. The third-order valence-electron chi connectivity index (χ3n) is 6.68. The number of carbonyl (C=O) groups is 2. The Morgan fingerprint density at radius 2 is 2.10 bits per heavy atom. The summed E-state index contributed by atoms with van der Waals surface area (Å²) in [6.07, 6.45) is 0.504. The van der Waals surface area contributed by atoms with E-state index in [2.05, 4.69) is 0 Å². The Labute approximate surface area is 179 Å². The van der Waals surface area contributed by atoms with Gasteiger partial charge in [0, 0.05) is 24.0 Å².